The van der Waals surface area contributed by atoms with Gasteiger partial charge >= 0.3 is 0 Å². The van der Waals surface area contributed by atoms with Gasteiger partial charge in [0.05, 0.1) is 16.1 Å². The Kier molecular flexibility index (Phi) is 7.32. The van der Waals surface area contributed by atoms with Gasteiger partial charge in [-0.3, -0.25) is 9.10 Å². The zero-order valence-electron chi connectivity index (χ0n) is 21.0. The molecule has 1 heterocycles. The van der Waals surface area contributed by atoms with Crippen molar-refractivity contribution in [2.75, 3.05) is 10.8 Å². The molecule has 1 fully saturated rings. The average molecular weight is 539 g/mol. The smallest absolute Gasteiger partial charge is 0.264 e. The van der Waals surface area contributed by atoms with Crippen LogP contribution in [0.3, 0.4) is 0 Å². The molecule has 0 bridgehead atoms. The zero-order valence-corrected chi connectivity index (χ0v) is 22.6. The molecule has 3 unspecified atom stereocenters. The van der Waals surface area contributed by atoms with E-state index in [1.807, 2.05) is 24.3 Å². The average Bonchev–Trinajstić information content (AvgIpc) is 3.33. The number of rotatable bonds is 6. The molecule has 1 N–H and O–H groups in total. The Bertz CT molecular complexity index is 1410. The van der Waals surface area contributed by atoms with Crippen LogP contribution >= 0.6 is 11.8 Å². The van der Waals surface area contributed by atoms with E-state index in [1.54, 1.807) is 24.3 Å². The van der Waals surface area contributed by atoms with E-state index >= 15 is 0 Å². The molecular weight excluding hydrogens is 507 g/mol. The molecule has 1 aliphatic heterocycles. The topological polar surface area (TPSA) is 66.5 Å². The molecule has 1 saturated carbocycles. The van der Waals surface area contributed by atoms with Gasteiger partial charge in [-0.15, -0.1) is 0 Å². The number of hydrogen-bond donors (Lipinski definition) is 1. The van der Waals surface area contributed by atoms with E-state index in [2.05, 4.69) is 19.2 Å². The van der Waals surface area contributed by atoms with Crippen molar-refractivity contribution in [2.24, 2.45) is 11.8 Å². The maximum absolute atomic E-state index is 13.7. The summed E-state index contributed by atoms with van der Waals surface area (Å²) in [6.07, 6.45) is 3.75. The number of nitrogens with zero attached hydrogens (tertiary/aromatic N) is 1. The van der Waals surface area contributed by atoms with Crippen molar-refractivity contribution in [3.8, 4) is 0 Å². The Morgan fingerprint density at radius 3 is 2.57 bits per heavy atom. The predicted octanol–water partition coefficient (Wildman–Crippen LogP) is 6.28. The predicted molar refractivity (Wildman–Crippen MR) is 145 cm³/mol. The molecule has 37 heavy (non-hydrogen) atoms. The highest BCUT2D eigenvalue weighted by Crippen LogP contribution is 2.36. The highest BCUT2D eigenvalue weighted by molar-refractivity contribution is 7.99. The number of sulfonamides is 1. The van der Waals surface area contributed by atoms with Crippen LogP contribution in [0.4, 0.5) is 10.1 Å². The van der Waals surface area contributed by atoms with E-state index in [9.17, 15) is 17.6 Å². The second kappa shape index (κ2) is 10.5. The largest absolute Gasteiger partial charge is 0.349 e. The zero-order chi connectivity index (χ0) is 26.2. The lowest BCUT2D eigenvalue weighted by atomic mass is 9.78. The Morgan fingerprint density at radius 2 is 1.78 bits per heavy atom. The van der Waals surface area contributed by atoms with Crippen LogP contribution in [0.15, 0.2) is 81.4 Å². The van der Waals surface area contributed by atoms with Gasteiger partial charge in [-0.1, -0.05) is 56.7 Å². The number of anilines is 1. The van der Waals surface area contributed by atoms with Gasteiger partial charge in [0.25, 0.3) is 15.9 Å². The summed E-state index contributed by atoms with van der Waals surface area (Å²) in [6.45, 7) is 4.74. The number of carbonyl (C=O) groups excluding carboxylic acids is 1. The van der Waals surface area contributed by atoms with Crippen molar-refractivity contribution in [3.05, 3.63) is 83.7 Å². The maximum Gasteiger partial charge on any atom is 0.264 e. The first-order valence-corrected chi connectivity index (χ1v) is 15.0. The molecule has 1 aliphatic carbocycles. The number of benzene rings is 3. The highest BCUT2D eigenvalue weighted by Gasteiger charge is 2.33. The van der Waals surface area contributed by atoms with Crippen LogP contribution in [0, 0.1) is 17.7 Å². The summed E-state index contributed by atoms with van der Waals surface area (Å²) >= 11 is 1.32. The third kappa shape index (κ3) is 5.27. The maximum atomic E-state index is 13.7. The number of halogens is 1. The van der Waals surface area contributed by atoms with Gasteiger partial charge in [-0.2, -0.15) is 0 Å². The summed E-state index contributed by atoms with van der Waals surface area (Å²) in [4.78, 5) is 15.1. The normalized spacial score (nSPS) is 21.5. The first kappa shape index (κ1) is 25.8. The van der Waals surface area contributed by atoms with Crippen LogP contribution in [0.5, 0.6) is 0 Å². The van der Waals surface area contributed by atoms with E-state index in [0.717, 1.165) is 29.7 Å². The van der Waals surface area contributed by atoms with E-state index in [1.165, 1.54) is 34.3 Å². The fourth-order valence-electron chi connectivity index (χ4n) is 5.28. The summed E-state index contributed by atoms with van der Waals surface area (Å²) in [5.41, 5.74) is 1.99. The van der Waals surface area contributed by atoms with Crippen molar-refractivity contribution in [2.45, 2.75) is 60.3 Å². The quantitative estimate of drug-likeness (QED) is 0.401. The molecule has 3 atom stereocenters. The molecule has 5 rings (SSSR count). The summed E-state index contributed by atoms with van der Waals surface area (Å²) in [7, 11) is -3.86. The van der Waals surface area contributed by atoms with E-state index in [4.69, 9.17) is 0 Å². The molecular formula is C29H31FN2O3S2. The fraction of sp³-hybridized carbons (Fsp3) is 0.345. The fourth-order valence-corrected chi connectivity index (χ4v) is 7.74. The van der Waals surface area contributed by atoms with Gasteiger partial charge < -0.3 is 5.32 Å². The summed E-state index contributed by atoms with van der Waals surface area (Å²) in [5.74, 6) is 0.220. The Hall–Kier alpha value is -2.84. The molecule has 0 saturated heterocycles. The SMILES string of the molecule is CC1CCCC(NC(=O)c2cc(S(=O)(=O)N3CCc4ccccc43)ccc2Sc2ccc(F)cc2)C1C. The number of fused-ring (bicyclic) bond motifs is 1. The molecule has 3 aromatic rings. The van der Waals surface area contributed by atoms with Gasteiger partial charge in [0.2, 0.25) is 0 Å². The monoisotopic (exact) mass is 538 g/mol. The number of nitrogens with one attached hydrogen (secondary N) is 1. The van der Waals surface area contributed by atoms with Crippen LogP contribution in [-0.4, -0.2) is 26.9 Å². The number of hydrogen-bond acceptors (Lipinski definition) is 4. The molecule has 8 heteroatoms. The van der Waals surface area contributed by atoms with Gasteiger partial charge in [-0.05, 0) is 78.8 Å². The molecule has 2 aliphatic rings. The van der Waals surface area contributed by atoms with E-state index in [-0.39, 0.29) is 22.7 Å². The number of para-hydroxylation sites is 1. The van der Waals surface area contributed by atoms with Gasteiger partial charge in [0.1, 0.15) is 5.82 Å². The lowest BCUT2D eigenvalue weighted by Crippen LogP contribution is -2.43. The standard InChI is InChI=1S/C29H31FN2O3S2/c1-19-6-5-8-26(20(19)2)31-29(33)25-18-24(14-15-28(25)36-23-12-10-22(30)11-13-23)37(34,35)32-17-16-21-7-3-4-9-27(21)32/h3-4,7,9-15,18-20,26H,5-6,8,16-17H2,1-2H3,(H,31,33). The lowest BCUT2D eigenvalue weighted by molar-refractivity contribution is 0.0888. The summed E-state index contributed by atoms with van der Waals surface area (Å²) in [6, 6.07) is 18.3. The van der Waals surface area contributed by atoms with Gasteiger partial charge in [-0.25, -0.2) is 12.8 Å². The van der Waals surface area contributed by atoms with Crippen molar-refractivity contribution in [1.29, 1.82) is 0 Å². The minimum atomic E-state index is -3.86. The van der Waals surface area contributed by atoms with E-state index in [0.29, 0.717) is 40.9 Å². The minimum Gasteiger partial charge on any atom is -0.349 e. The molecule has 0 aromatic heterocycles. The van der Waals surface area contributed by atoms with Crippen LogP contribution < -0.4 is 9.62 Å². The Labute approximate surface area is 222 Å². The molecule has 0 radical (unpaired) electrons. The Morgan fingerprint density at radius 1 is 1.03 bits per heavy atom. The van der Waals surface area contributed by atoms with Crippen molar-refractivity contribution >= 4 is 33.4 Å². The third-order valence-corrected chi connectivity index (χ3v) is 10.6. The summed E-state index contributed by atoms with van der Waals surface area (Å²) in [5, 5.41) is 3.19. The third-order valence-electron chi connectivity index (χ3n) is 7.69. The number of amides is 1. The lowest BCUT2D eigenvalue weighted by Gasteiger charge is -2.34. The highest BCUT2D eigenvalue weighted by atomic mass is 32.2. The molecule has 3 aromatic carbocycles. The van der Waals surface area contributed by atoms with Crippen molar-refractivity contribution in [3.63, 3.8) is 0 Å². The van der Waals surface area contributed by atoms with Crippen LogP contribution in [0.25, 0.3) is 0 Å². The second-order valence-electron chi connectivity index (χ2n) is 10.0. The van der Waals surface area contributed by atoms with E-state index < -0.39 is 10.0 Å². The molecule has 0 spiro atoms. The first-order valence-electron chi connectivity index (χ1n) is 12.7. The Balaban J connectivity index is 1.50. The van der Waals surface area contributed by atoms with Gasteiger partial charge in [0.15, 0.2) is 0 Å². The second-order valence-corrected chi connectivity index (χ2v) is 13.0. The molecule has 5 nitrogen and oxygen atoms in total. The van der Waals surface area contributed by atoms with Crippen molar-refractivity contribution in [1.82, 2.24) is 5.32 Å². The van der Waals surface area contributed by atoms with Crippen molar-refractivity contribution < 1.29 is 17.6 Å². The van der Waals surface area contributed by atoms with Crippen LogP contribution in [-0.2, 0) is 16.4 Å². The first-order chi connectivity index (χ1) is 17.7. The summed E-state index contributed by atoms with van der Waals surface area (Å²) < 4.78 is 42.3. The van der Waals surface area contributed by atoms with Gasteiger partial charge in [0, 0.05) is 22.4 Å². The minimum absolute atomic E-state index is 0.0330. The van der Waals surface area contributed by atoms with Crippen LogP contribution in [0.1, 0.15) is 49.0 Å². The number of carbonyl (C=O) groups is 1. The van der Waals surface area contributed by atoms with Crippen LogP contribution in [0.2, 0.25) is 0 Å². The molecule has 194 valence electrons. The molecule has 1 amide bonds.